The molecule has 1 heterocycles. The van der Waals surface area contributed by atoms with E-state index in [2.05, 4.69) is 31.9 Å². The Kier molecular flexibility index (Phi) is 4.47. The number of alkyl halides is 1. The molecule has 1 aromatic carbocycles. The fourth-order valence-electron chi connectivity index (χ4n) is 1.66. The quantitative estimate of drug-likeness (QED) is 0.512. The van der Waals surface area contributed by atoms with Crippen LogP contribution >= 0.6 is 54.8 Å². The molecule has 0 aliphatic carbocycles. The molecule has 18 heavy (non-hydrogen) atoms. The summed E-state index contributed by atoms with van der Waals surface area (Å²) in [7, 11) is 0. The second kappa shape index (κ2) is 5.57. The molecule has 0 amide bonds. The van der Waals surface area contributed by atoms with Crippen LogP contribution in [0.2, 0.25) is 0 Å². The van der Waals surface area contributed by atoms with Gasteiger partial charge < -0.3 is 0 Å². The van der Waals surface area contributed by atoms with Gasteiger partial charge in [-0.1, -0.05) is 15.9 Å². The lowest BCUT2D eigenvalue weighted by Gasteiger charge is -2.12. The summed E-state index contributed by atoms with van der Waals surface area (Å²) in [5.74, 6) is -1.30. The third kappa shape index (κ3) is 2.79. The predicted octanol–water partition coefficient (Wildman–Crippen LogP) is 6.19. The van der Waals surface area contributed by atoms with Gasteiger partial charge in [0.2, 0.25) is 0 Å². The van der Waals surface area contributed by atoms with Gasteiger partial charge in [-0.25, -0.2) is 8.78 Å². The first kappa shape index (κ1) is 14.4. The molecule has 0 spiro atoms. The van der Waals surface area contributed by atoms with Gasteiger partial charge in [0, 0.05) is 14.9 Å². The maximum Gasteiger partial charge on any atom is 0.132 e. The van der Waals surface area contributed by atoms with Gasteiger partial charge in [0.05, 0.1) is 9.16 Å². The van der Waals surface area contributed by atoms with Crippen LogP contribution in [0, 0.1) is 18.6 Å². The molecule has 0 nitrogen and oxygen atoms in total. The van der Waals surface area contributed by atoms with Crippen LogP contribution in [-0.2, 0) is 0 Å². The summed E-state index contributed by atoms with van der Waals surface area (Å²) in [6, 6.07) is 4.22. The van der Waals surface area contributed by atoms with Gasteiger partial charge in [0.25, 0.3) is 0 Å². The molecular weight excluding hydrogens is 409 g/mol. The van der Waals surface area contributed by atoms with E-state index in [1.165, 1.54) is 23.5 Å². The molecular formula is C12H7Br2ClF2S. The first-order valence-electron chi connectivity index (χ1n) is 4.94. The number of thiophene rings is 1. The topological polar surface area (TPSA) is 0 Å². The number of hydrogen-bond acceptors (Lipinski definition) is 1. The second-order valence-corrected chi connectivity index (χ2v) is 7.70. The van der Waals surface area contributed by atoms with E-state index in [0.29, 0.717) is 10.0 Å². The Bertz CT molecular complexity index is 575. The zero-order valence-electron chi connectivity index (χ0n) is 9.11. The summed E-state index contributed by atoms with van der Waals surface area (Å²) in [6.07, 6.45) is 0. The molecule has 0 radical (unpaired) electrons. The Morgan fingerprint density at radius 2 is 1.72 bits per heavy atom. The molecule has 2 aromatic rings. The van der Waals surface area contributed by atoms with Crippen LogP contribution in [0.4, 0.5) is 8.78 Å². The van der Waals surface area contributed by atoms with E-state index in [0.717, 1.165) is 8.66 Å². The molecule has 0 aliphatic heterocycles. The van der Waals surface area contributed by atoms with Crippen molar-refractivity contribution in [1.29, 1.82) is 0 Å². The predicted molar refractivity (Wildman–Crippen MR) is 78.5 cm³/mol. The minimum absolute atomic E-state index is 0.117. The van der Waals surface area contributed by atoms with Crippen molar-refractivity contribution in [3.8, 4) is 0 Å². The van der Waals surface area contributed by atoms with Crippen LogP contribution in [0.5, 0.6) is 0 Å². The molecule has 1 unspecified atom stereocenters. The average molecular weight is 417 g/mol. The third-order valence-electron chi connectivity index (χ3n) is 2.50. The molecule has 6 heteroatoms. The van der Waals surface area contributed by atoms with Crippen molar-refractivity contribution < 1.29 is 8.78 Å². The van der Waals surface area contributed by atoms with E-state index in [1.54, 1.807) is 6.07 Å². The van der Waals surface area contributed by atoms with Gasteiger partial charge in [-0.15, -0.1) is 22.9 Å². The van der Waals surface area contributed by atoms with Crippen molar-refractivity contribution in [3.63, 3.8) is 0 Å². The smallest absolute Gasteiger partial charge is 0.132 e. The van der Waals surface area contributed by atoms with E-state index in [4.69, 9.17) is 11.6 Å². The van der Waals surface area contributed by atoms with Gasteiger partial charge >= 0.3 is 0 Å². The average Bonchev–Trinajstić information content (AvgIpc) is 2.56. The minimum atomic E-state index is -0.833. The Labute approximate surface area is 129 Å². The Hall–Kier alpha value is 0.0300. The van der Waals surface area contributed by atoms with Crippen LogP contribution in [0.3, 0.4) is 0 Å². The number of rotatable bonds is 2. The first-order chi connectivity index (χ1) is 8.40. The van der Waals surface area contributed by atoms with E-state index in [-0.39, 0.29) is 5.56 Å². The number of hydrogen-bond donors (Lipinski definition) is 0. The zero-order valence-corrected chi connectivity index (χ0v) is 13.9. The van der Waals surface area contributed by atoms with Crippen molar-refractivity contribution >= 4 is 54.8 Å². The van der Waals surface area contributed by atoms with E-state index >= 15 is 0 Å². The summed E-state index contributed by atoms with van der Waals surface area (Å²) < 4.78 is 28.9. The molecule has 1 aromatic heterocycles. The molecule has 2 rings (SSSR count). The molecule has 0 fully saturated rings. The standard InChI is InChI=1S/C12H7Br2ClF2S/c1-5-7(4-10(14)18-5)12(15)11-8(16)2-6(13)3-9(11)17/h2-4,12H,1H3. The third-order valence-corrected chi connectivity index (χ3v) is 4.98. The fraction of sp³-hybridized carbons (Fsp3) is 0.167. The van der Waals surface area contributed by atoms with Crippen molar-refractivity contribution in [2.75, 3.05) is 0 Å². The van der Waals surface area contributed by atoms with Gasteiger partial charge in [0.1, 0.15) is 11.6 Å². The number of aryl methyl sites for hydroxylation is 1. The largest absolute Gasteiger partial charge is 0.206 e. The van der Waals surface area contributed by atoms with Gasteiger partial charge in [-0.2, -0.15) is 0 Å². The second-order valence-electron chi connectivity index (χ2n) is 3.71. The van der Waals surface area contributed by atoms with Crippen LogP contribution in [0.15, 0.2) is 26.5 Å². The van der Waals surface area contributed by atoms with E-state index < -0.39 is 17.0 Å². The Balaban J connectivity index is 2.52. The number of benzene rings is 1. The van der Waals surface area contributed by atoms with E-state index in [9.17, 15) is 8.78 Å². The lowest BCUT2D eigenvalue weighted by molar-refractivity contribution is 0.557. The highest BCUT2D eigenvalue weighted by molar-refractivity contribution is 9.11. The SMILES string of the molecule is Cc1sc(Br)cc1C(Cl)c1c(F)cc(Br)cc1F. The minimum Gasteiger partial charge on any atom is -0.206 e. The lowest BCUT2D eigenvalue weighted by Crippen LogP contribution is -2.01. The summed E-state index contributed by atoms with van der Waals surface area (Å²) in [6.45, 7) is 1.87. The van der Waals surface area contributed by atoms with Gasteiger partial charge in [-0.05, 0) is 46.6 Å². The highest BCUT2D eigenvalue weighted by Crippen LogP contribution is 2.39. The van der Waals surface area contributed by atoms with Crippen molar-refractivity contribution in [1.82, 2.24) is 0 Å². The van der Waals surface area contributed by atoms with Crippen LogP contribution in [0.1, 0.15) is 21.4 Å². The molecule has 0 saturated carbocycles. The molecule has 0 N–H and O–H groups in total. The van der Waals surface area contributed by atoms with Crippen LogP contribution < -0.4 is 0 Å². The van der Waals surface area contributed by atoms with Crippen LogP contribution in [-0.4, -0.2) is 0 Å². The van der Waals surface area contributed by atoms with Crippen molar-refractivity contribution in [2.45, 2.75) is 12.3 Å². The molecule has 96 valence electrons. The molecule has 1 atom stereocenters. The van der Waals surface area contributed by atoms with Crippen LogP contribution in [0.25, 0.3) is 0 Å². The Morgan fingerprint density at radius 1 is 1.17 bits per heavy atom. The summed E-state index contributed by atoms with van der Waals surface area (Å²) in [5, 5.41) is -0.833. The Morgan fingerprint density at radius 3 is 2.17 bits per heavy atom. The van der Waals surface area contributed by atoms with E-state index in [1.807, 2.05) is 6.92 Å². The molecule has 0 bridgehead atoms. The normalized spacial score (nSPS) is 12.8. The summed E-state index contributed by atoms with van der Waals surface area (Å²) in [5.41, 5.74) is 0.599. The maximum atomic E-state index is 13.8. The monoisotopic (exact) mass is 414 g/mol. The lowest BCUT2D eigenvalue weighted by atomic mass is 10.0. The summed E-state index contributed by atoms with van der Waals surface area (Å²) >= 11 is 14.1. The van der Waals surface area contributed by atoms with Crippen molar-refractivity contribution in [2.24, 2.45) is 0 Å². The zero-order chi connectivity index (χ0) is 13.4. The summed E-state index contributed by atoms with van der Waals surface area (Å²) in [4.78, 5) is 0.934. The first-order valence-corrected chi connectivity index (χ1v) is 7.78. The fourth-order valence-corrected chi connectivity index (χ4v) is 4.31. The van der Waals surface area contributed by atoms with Gasteiger partial charge in [0.15, 0.2) is 0 Å². The van der Waals surface area contributed by atoms with Crippen molar-refractivity contribution in [3.05, 3.63) is 54.1 Å². The highest BCUT2D eigenvalue weighted by atomic mass is 79.9. The number of halogens is 5. The molecule has 0 saturated heterocycles. The molecule has 0 aliphatic rings. The van der Waals surface area contributed by atoms with Gasteiger partial charge in [-0.3, -0.25) is 0 Å². The highest BCUT2D eigenvalue weighted by Gasteiger charge is 2.23. The maximum absolute atomic E-state index is 13.8.